The number of imide groups is 1. The van der Waals surface area contributed by atoms with Crippen LogP contribution in [0.4, 0.5) is 4.79 Å². The maximum absolute atomic E-state index is 12.5. The summed E-state index contributed by atoms with van der Waals surface area (Å²) >= 11 is 0. The van der Waals surface area contributed by atoms with E-state index in [9.17, 15) is 14.4 Å². The number of benzene rings is 1. The fourth-order valence-electron chi connectivity index (χ4n) is 3.00. The van der Waals surface area contributed by atoms with Crippen molar-refractivity contribution in [2.75, 3.05) is 33.8 Å². The smallest absolute Gasteiger partial charge is 0.325 e. The highest BCUT2D eigenvalue weighted by Crippen LogP contribution is 2.24. The number of carbonyl (C=O) groups is 3. The zero-order chi connectivity index (χ0) is 20.7. The van der Waals surface area contributed by atoms with Gasteiger partial charge in [0.15, 0.2) is 0 Å². The van der Waals surface area contributed by atoms with Crippen molar-refractivity contribution in [3.05, 3.63) is 29.8 Å². The zero-order valence-electron chi connectivity index (χ0n) is 17.1. The van der Waals surface area contributed by atoms with Gasteiger partial charge in [0.2, 0.25) is 5.91 Å². The van der Waals surface area contributed by atoms with E-state index >= 15 is 0 Å². The van der Waals surface area contributed by atoms with Crippen LogP contribution in [0.1, 0.15) is 32.3 Å². The molecule has 1 aliphatic rings. The second-order valence-electron chi connectivity index (χ2n) is 7.18. The van der Waals surface area contributed by atoms with Crippen LogP contribution in [-0.4, -0.2) is 67.0 Å². The molecule has 2 N–H and O–H groups in total. The number of carbonyl (C=O) groups excluding carboxylic acids is 3. The third kappa shape index (κ3) is 5.22. The van der Waals surface area contributed by atoms with Crippen molar-refractivity contribution in [3.63, 3.8) is 0 Å². The van der Waals surface area contributed by atoms with Crippen LogP contribution in [0.15, 0.2) is 24.3 Å². The molecule has 0 unspecified atom stereocenters. The molecule has 1 aromatic carbocycles. The van der Waals surface area contributed by atoms with Crippen LogP contribution in [0.3, 0.4) is 0 Å². The van der Waals surface area contributed by atoms with Crippen molar-refractivity contribution in [3.8, 4) is 5.75 Å². The summed E-state index contributed by atoms with van der Waals surface area (Å²) in [5.74, 6) is 0.0569. The number of ether oxygens (including phenoxy) is 1. The Morgan fingerprint density at radius 1 is 1.18 bits per heavy atom. The lowest BCUT2D eigenvalue weighted by Crippen LogP contribution is -2.46. The molecule has 1 fully saturated rings. The first-order valence-electron chi connectivity index (χ1n) is 9.58. The van der Waals surface area contributed by atoms with Crippen LogP contribution >= 0.6 is 0 Å². The number of hydrogen-bond donors (Lipinski definition) is 2. The lowest BCUT2D eigenvalue weighted by Gasteiger charge is -2.23. The van der Waals surface area contributed by atoms with Gasteiger partial charge in [0, 0.05) is 13.1 Å². The molecule has 0 aromatic heterocycles. The van der Waals surface area contributed by atoms with Crippen LogP contribution in [0.5, 0.6) is 5.75 Å². The van der Waals surface area contributed by atoms with Crippen molar-refractivity contribution in [2.24, 2.45) is 0 Å². The van der Waals surface area contributed by atoms with Gasteiger partial charge < -0.3 is 20.3 Å². The van der Waals surface area contributed by atoms with Crippen LogP contribution in [0.25, 0.3) is 0 Å². The van der Waals surface area contributed by atoms with Crippen LogP contribution in [0.2, 0.25) is 0 Å². The van der Waals surface area contributed by atoms with Gasteiger partial charge in [-0.25, -0.2) is 4.79 Å². The number of amides is 4. The molecular weight excluding hydrogens is 360 g/mol. The van der Waals surface area contributed by atoms with E-state index in [-0.39, 0.29) is 18.4 Å². The Kier molecular flexibility index (Phi) is 7.39. The molecule has 0 spiro atoms. The van der Waals surface area contributed by atoms with Gasteiger partial charge in [-0.05, 0) is 44.6 Å². The highest BCUT2D eigenvalue weighted by molar-refractivity contribution is 6.08. The van der Waals surface area contributed by atoms with Gasteiger partial charge in [0.1, 0.15) is 24.4 Å². The summed E-state index contributed by atoms with van der Waals surface area (Å²) in [6.45, 7) is 5.16. The summed E-state index contributed by atoms with van der Waals surface area (Å²) in [6.07, 6.45) is 0.990. The van der Waals surface area contributed by atoms with Gasteiger partial charge in [-0.1, -0.05) is 26.0 Å². The predicted molar refractivity (Wildman–Crippen MR) is 106 cm³/mol. The molecule has 0 saturated carbocycles. The number of nitrogens with zero attached hydrogens (tertiary/aromatic N) is 2. The summed E-state index contributed by atoms with van der Waals surface area (Å²) in [6, 6.07) is 6.94. The van der Waals surface area contributed by atoms with Crippen molar-refractivity contribution in [1.82, 2.24) is 20.4 Å². The van der Waals surface area contributed by atoms with Gasteiger partial charge in [0.05, 0.1) is 0 Å². The topological polar surface area (TPSA) is 91.0 Å². The molecule has 0 aliphatic carbocycles. The van der Waals surface area contributed by atoms with E-state index < -0.39 is 11.6 Å². The molecule has 28 heavy (non-hydrogen) atoms. The van der Waals surface area contributed by atoms with Crippen molar-refractivity contribution >= 4 is 17.8 Å². The van der Waals surface area contributed by atoms with E-state index in [0.717, 1.165) is 22.8 Å². The Bertz CT molecular complexity index is 699. The molecule has 0 radical (unpaired) electrons. The van der Waals surface area contributed by atoms with E-state index in [0.29, 0.717) is 26.0 Å². The minimum absolute atomic E-state index is 0.280. The molecule has 1 heterocycles. The third-order valence-electron chi connectivity index (χ3n) is 4.97. The molecule has 154 valence electrons. The lowest BCUT2D eigenvalue weighted by atomic mass is 9.93. The molecule has 8 heteroatoms. The van der Waals surface area contributed by atoms with Gasteiger partial charge in [0.25, 0.3) is 5.91 Å². The number of likely N-dealkylation sites (N-methyl/N-ethyl adjacent to an activating group) is 1. The normalized spacial score (nSPS) is 15.7. The monoisotopic (exact) mass is 390 g/mol. The summed E-state index contributed by atoms with van der Waals surface area (Å²) in [4.78, 5) is 39.9. The van der Waals surface area contributed by atoms with Gasteiger partial charge in [-0.15, -0.1) is 0 Å². The molecular formula is C20H30N4O4. The largest absolute Gasteiger partial charge is 0.492 e. The van der Waals surface area contributed by atoms with Gasteiger partial charge >= 0.3 is 6.03 Å². The second-order valence-corrected chi connectivity index (χ2v) is 7.18. The lowest BCUT2D eigenvalue weighted by molar-refractivity contribution is -0.135. The van der Waals surface area contributed by atoms with E-state index in [4.69, 9.17) is 4.74 Å². The molecule has 4 amide bonds. The van der Waals surface area contributed by atoms with Crippen LogP contribution in [-0.2, 0) is 16.1 Å². The first-order valence-corrected chi connectivity index (χ1v) is 9.58. The Morgan fingerprint density at radius 3 is 2.36 bits per heavy atom. The van der Waals surface area contributed by atoms with E-state index in [1.165, 1.54) is 0 Å². The zero-order valence-corrected chi connectivity index (χ0v) is 17.1. The number of rotatable bonds is 10. The average molecular weight is 390 g/mol. The minimum Gasteiger partial charge on any atom is -0.492 e. The summed E-state index contributed by atoms with van der Waals surface area (Å²) < 4.78 is 5.63. The highest BCUT2D eigenvalue weighted by Gasteiger charge is 2.49. The SMILES string of the molecule is CCC1(CC)NC(=O)N(CC(=O)NCc2ccc(OCCN(C)C)cc2)C1=O. The predicted octanol–water partition coefficient (Wildman–Crippen LogP) is 1.35. The second kappa shape index (κ2) is 9.54. The van der Waals surface area contributed by atoms with Crippen molar-refractivity contribution in [2.45, 2.75) is 38.8 Å². The van der Waals surface area contributed by atoms with E-state index in [1.807, 2.05) is 57.1 Å². The number of hydrogen-bond acceptors (Lipinski definition) is 5. The van der Waals surface area contributed by atoms with Crippen LogP contribution in [0, 0.1) is 0 Å². The fourth-order valence-corrected chi connectivity index (χ4v) is 3.00. The van der Waals surface area contributed by atoms with Gasteiger partial charge in [-0.2, -0.15) is 0 Å². The minimum atomic E-state index is -0.889. The average Bonchev–Trinajstić information content (AvgIpc) is 2.91. The Balaban J connectivity index is 1.82. The molecule has 1 saturated heterocycles. The third-order valence-corrected chi connectivity index (χ3v) is 4.97. The summed E-state index contributed by atoms with van der Waals surface area (Å²) in [7, 11) is 3.97. The first-order chi connectivity index (χ1) is 13.3. The Labute approximate surface area is 166 Å². The Morgan fingerprint density at radius 2 is 1.82 bits per heavy atom. The van der Waals surface area contributed by atoms with Crippen molar-refractivity contribution in [1.29, 1.82) is 0 Å². The maximum Gasteiger partial charge on any atom is 0.325 e. The quantitative estimate of drug-likeness (QED) is 0.589. The maximum atomic E-state index is 12.5. The molecule has 0 bridgehead atoms. The number of urea groups is 1. The van der Waals surface area contributed by atoms with E-state index in [1.54, 1.807) is 0 Å². The first kappa shape index (κ1) is 21.7. The molecule has 0 atom stereocenters. The fraction of sp³-hybridized carbons (Fsp3) is 0.550. The van der Waals surface area contributed by atoms with Crippen LogP contribution < -0.4 is 15.4 Å². The molecule has 8 nitrogen and oxygen atoms in total. The standard InChI is InChI=1S/C20H30N4O4/c1-5-20(6-2)18(26)24(19(27)22-20)14-17(25)21-13-15-7-9-16(10-8-15)28-12-11-23(3)4/h7-10H,5-6,11-14H2,1-4H3,(H,21,25)(H,22,27). The molecule has 2 rings (SSSR count). The molecule has 1 aromatic rings. The summed E-state index contributed by atoms with van der Waals surface area (Å²) in [5, 5.41) is 5.46. The van der Waals surface area contributed by atoms with Crippen molar-refractivity contribution < 1.29 is 19.1 Å². The highest BCUT2D eigenvalue weighted by atomic mass is 16.5. The van der Waals surface area contributed by atoms with Gasteiger partial charge in [-0.3, -0.25) is 14.5 Å². The Hall–Kier alpha value is -2.61. The van der Waals surface area contributed by atoms with E-state index in [2.05, 4.69) is 10.6 Å². The number of nitrogens with one attached hydrogen (secondary N) is 2. The molecule has 1 aliphatic heterocycles. The summed E-state index contributed by atoms with van der Waals surface area (Å²) in [5.41, 5.74) is 0.0155.